The summed E-state index contributed by atoms with van der Waals surface area (Å²) in [6, 6.07) is 14.3. The predicted molar refractivity (Wildman–Crippen MR) is 76.6 cm³/mol. The Kier molecular flexibility index (Phi) is 4.48. The van der Waals surface area contributed by atoms with E-state index in [1.807, 2.05) is 37.3 Å². The second kappa shape index (κ2) is 6.30. The molecule has 0 fully saturated rings. The van der Waals surface area contributed by atoms with Crippen molar-refractivity contribution in [2.45, 2.75) is 19.5 Å². The van der Waals surface area contributed by atoms with Gasteiger partial charge in [-0.1, -0.05) is 36.4 Å². The fourth-order valence-corrected chi connectivity index (χ4v) is 1.97. The fraction of sp³-hybridized carbons (Fsp3) is 0.188. The zero-order valence-corrected chi connectivity index (χ0v) is 11.3. The first-order valence-corrected chi connectivity index (χ1v) is 6.44. The zero-order chi connectivity index (χ0) is 14.5. The molecule has 0 saturated carbocycles. The molecular weight excluding hydrogens is 255 g/mol. The Bertz CT molecular complexity index is 599. The molecule has 0 bridgehead atoms. The maximum Gasteiger partial charge on any atom is 0.248 e. The summed E-state index contributed by atoms with van der Waals surface area (Å²) < 4.78 is 13.8. The number of hydrogen-bond acceptors (Lipinski definition) is 2. The van der Waals surface area contributed by atoms with E-state index in [4.69, 9.17) is 5.73 Å². The summed E-state index contributed by atoms with van der Waals surface area (Å²) in [7, 11) is 0. The van der Waals surface area contributed by atoms with Crippen LogP contribution in [0.1, 0.15) is 34.5 Å². The quantitative estimate of drug-likeness (QED) is 0.879. The Labute approximate surface area is 117 Å². The molecule has 3 nitrogen and oxygen atoms in total. The van der Waals surface area contributed by atoms with E-state index in [0.717, 1.165) is 5.56 Å². The van der Waals surface area contributed by atoms with Gasteiger partial charge in [-0.3, -0.25) is 4.79 Å². The molecule has 20 heavy (non-hydrogen) atoms. The lowest BCUT2D eigenvalue weighted by Gasteiger charge is -2.14. The molecule has 2 aromatic carbocycles. The van der Waals surface area contributed by atoms with Crippen LogP contribution in [0.2, 0.25) is 0 Å². The van der Waals surface area contributed by atoms with Gasteiger partial charge in [0.2, 0.25) is 5.91 Å². The van der Waals surface area contributed by atoms with Crippen LogP contribution < -0.4 is 11.1 Å². The lowest BCUT2D eigenvalue weighted by molar-refractivity contribution is 0.1000. The molecule has 0 radical (unpaired) electrons. The van der Waals surface area contributed by atoms with Crippen molar-refractivity contribution in [3.8, 4) is 0 Å². The average molecular weight is 272 g/mol. The number of nitrogens with one attached hydrogen (secondary N) is 1. The number of rotatable bonds is 5. The van der Waals surface area contributed by atoms with E-state index in [2.05, 4.69) is 5.32 Å². The topological polar surface area (TPSA) is 55.1 Å². The molecule has 2 aromatic rings. The van der Waals surface area contributed by atoms with Crippen molar-refractivity contribution in [1.82, 2.24) is 5.32 Å². The van der Waals surface area contributed by atoms with Crippen molar-refractivity contribution >= 4 is 5.91 Å². The standard InChI is InChI=1S/C16H17FN2O/c1-11(12-5-3-2-4-6-12)19-10-14-8-7-13(16(18)20)9-15(14)17/h2-9,11,19H,10H2,1H3,(H2,18,20)/t11-/m1/s1. The summed E-state index contributed by atoms with van der Waals surface area (Å²) in [6.45, 7) is 2.41. The molecule has 2 rings (SSSR count). The van der Waals surface area contributed by atoms with Crippen molar-refractivity contribution in [3.05, 3.63) is 71.0 Å². The van der Waals surface area contributed by atoms with Crippen molar-refractivity contribution in [1.29, 1.82) is 0 Å². The van der Waals surface area contributed by atoms with Gasteiger partial charge in [-0.05, 0) is 24.6 Å². The summed E-state index contributed by atoms with van der Waals surface area (Å²) in [5.41, 5.74) is 6.94. The second-order valence-electron chi connectivity index (χ2n) is 4.68. The van der Waals surface area contributed by atoms with Crippen LogP contribution in [0, 0.1) is 5.82 Å². The molecule has 3 N–H and O–H groups in total. The monoisotopic (exact) mass is 272 g/mol. The Morgan fingerprint density at radius 3 is 2.55 bits per heavy atom. The summed E-state index contributed by atoms with van der Waals surface area (Å²) in [4.78, 5) is 11.0. The molecule has 4 heteroatoms. The third-order valence-electron chi connectivity index (χ3n) is 3.24. The summed E-state index contributed by atoms with van der Waals surface area (Å²) in [5, 5.41) is 3.25. The maximum atomic E-state index is 13.8. The number of carbonyl (C=O) groups excluding carboxylic acids is 1. The summed E-state index contributed by atoms with van der Waals surface area (Å²) in [5.74, 6) is -1.05. The first-order valence-electron chi connectivity index (χ1n) is 6.44. The van der Waals surface area contributed by atoms with E-state index >= 15 is 0 Å². The number of hydrogen-bond donors (Lipinski definition) is 2. The first-order chi connectivity index (χ1) is 9.58. The van der Waals surface area contributed by atoms with Gasteiger partial charge in [0.05, 0.1) is 0 Å². The lowest BCUT2D eigenvalue weighted by atomic mass is 10.1. The molecule has 0 heterocycles. The van der Waals surface area contributed by atoms with Gasteiger partial charge >= 0.3 is 0 Å². The molecular formula is C16H17FN2O. The van der Waals surface area contributed by atoms with Crippen LogP contribution in [0.4, 0.5) is 4.39 Å². The highest BCUT2D eigenvalue weighted by Gasteiger charge is 2.09. The van der Waals surface area contributed by atoms with E-state index in [-0.39, 0.29) is 11.6 Å². The van der Waals surface area contributed by atoms with Gasteiger partial charge in [0.15, 0.2) is 0 Å². The Hall–Kier alpha value is -2.20. The highest BCUT2D eigenvalue weighted by molar-refractivity contribution is 5.92. The molecule has 0 aliphatic carbocycles. The number of benzene rings is 2. The van der Waals surface area contributed by atoms with Crippen molar-refractivity contribution in [2.24, 2.45) is 5.73 Å². The average Bonchev–Trinajstić information content (AvgIpc) is 2.46. The number of nitrogens with two attached hydrogens (primary N) is 1. The minimum Gasteiger partial charge on any atom is -0.366 e. The van der Waals surface area contributed by atoms with Crippen molar-refractivity contribution in [2.75, 3.05) is 0 Å². The fourth-order valence-electron chi connectivity index (χ4n) is 1.97. The molecule has 1 amide bonds. The van der Waals surface area contributed by atoms with E-state index in [9.17, 15) is 9.18 Å². The van der Waals surface area contributed by atoms with Gasteiger partial charge in [0.25, 0.3) is 0 Å². The highest BCUT2D eigenvalue weighted by Crippen LogP contribution is 2.14. The predicted octanol–water partition coefficient (Wildman–Crippen LogP) is 2.78. The van der Waals surface area contributed by atoms with Gasteiger partial charge in [-0.2, -0.15) is 0 Å². The zero-order valence-electron chi connectivity index (χ0n) is 11.3. The maximum absolute atomic E-state index is 13.8. The van der Waals surface area contributed by atoms with E-state index in [0.29, 0.717) is 12.1 Å². The van der Waals surface area contributed by atoms with Crippen LogP contribution in [0.3, 0.4) is 0 Å². The minimum absolute atomic E-state index is 0.117. The van der Waals surface area contributed by atoms with Gasteiger partial charge in [0.1, 0.15) is 5.82 Å². The first kappa shape index (κ1) is 14.2. The van der Waals surface area contributed by atoms with E-state index in [1.54, 1.807) is 6.07 Å². The van der Waals surface area contributed by atoms with Gasteiger partial charge in [-0.25, -0.2) is 4.39 Å². The van der Waals surface area contributed by atoms with Crippen LogP contribution in [-0.4, -0.2) is 5.91 Å². The third-order valence-corrected chi connectivity index (χ3v) is 3.24. The number of primary amides is 1. The highest BCUT2D eigenvalue weighted by atomic mass is 19.1. The van der Waals surface area contributed by atoms with E-state index < -0.39 is 11.7 Å². The molecule has 0 spiro atoms. The molecule has 104 valence electrons. The molecule has 0 saturated heterocycles. The number of carbonyl (C=O) groups is 1. The van der Waals surface area contributed by atoms with Crippen molar-refractivity contribution < 1.29 is 9.18 Å². The summed E-state index contributed by atoms with van der Waals surface area (Å²) >= 11 is 0. The smallest absolute Gasteiger partial charge is 0.248 e. The molecule has 0 aliphatic rings. The summed E-state index contributed by atoms with van der Waals surface area (Å²) in [6.07, 6.45) is 0. The van der Waals surface area contributed by atoms with Crippen LogP contribution in [0.15, 0.2) is 48.5 Å². The van der Waals surface area contributed by atoms with Crippen LogP contribution in [0.5, 0.6) is 0 Å². The Balaban J connectivity index is 2.02. The number of amides is 1. The Morgan fingerprint density at radius 1 is 1.25 bits per heavy atom. The largest absolute Gasteiger partial charge is 0.366 e. The van der Waals surface area contributed by atoms with Gasteiger partial charge in [-0.15, -0.1) is 0 Å². The Morgan fingerprint density at radius 2 is 1.95 bits per heavy atom. The minimum atomic E-state index is -0.624. The molecule has 0 aliphatic heterocycles. The number of halogens is 1. The molecule has 1 atom stereocenters. The van der Waals surface area contributed by atoms with Crippen LogP contribution in [-0.2, 0) is 6.54 Å². The molecule has 0 unspecified atom stereocenters. The normalized spacial score (nSPS) is 12.1. The second-order valence-corrected chi connectivity index (χ2v) is 4.68. The lowest BCUT2D eigenvalue weighted by Crippen LogP contribution is -2.19. The van der Waals surface area contributed by atoms with Gasteiger partial charge < -0.3 is 11.1 Å². The molecule has 0 aromatic heterocycles. The van der Waals surface area contributed by atoms with Gasteiger partial charge in [0, 0.05) is 23.7 Å². The third kappa shape index (κ3) is 3.42. The SMILES string of the molecule is C[C@@H](NCc1ccc(C(N)=O)cc1F)c1ccccc1. The van der Waals surface area contributed by atoms with Crippen molar-refractivity contribution in [3.63, 3.8) is 0 Å². The van der Waals surface area contributed by atoms with Crippen LogP contribution in [0.25, 0.3) is 0 Å². The van der Waals surface area contributed by atoms with Crippen LogP contribution >= 0.6 is 0 Å². The van der Waals surface area contributed by atoms with E-state index in [1.165, 1.54) is 12.1 Å².